The molecule has 4 unspecified atom stereocenters. The predicted octanol–water partition coefficient (Wildman–Crippen LogP) is 5.59. The van der Waals surface area contributed by atoms with Gasteiger partial charge in [0.15, 0.2) is 0 Å². The summed E-state index contributed by atoms with van der Waals surface area (Å²) in [6.07, 6.45) is 19.0. The molecule has 0 aromatic carbocycles. The lowest BCUT2D eigenvalue weighted by molar-refractivity contribution is -0.0563. The summed E-state index contributed by atoms with van der Waals surface area (Å²) in [6.45, 7) is 7.52. The first kappa shape index (κ1) is 17.7. The molecule has 0 aliphatic heterocycles. The molecule has 0 bridgehead atoms. The second kappa shape index (κ2) is 6.16. The van der Waals surface area contributed by atoms with E-state index in [2.05, 4.69) is 32.8 Å². The lowest BCUT2D eigenvalue weighted by atomic mass is 9.47. The Kier molecular flexibility index (Phi) is 4.35. The van der Waals surface area contributed by atoms with Crippen LogP contribution in [0.1, 0.15) is 78.6 Å². The number of rotatable bonds is 2. The fraction of sp³-hybridized carbons (Fsp3) is 0.833. The quantitative estimate of drug-likeness (QED) is 0.513. The van der Waals surface area contributed by atoms with E-state index >= 15 is 0 Å². The van der Waals surface area contributed by atoms with Crippen LogP contribution in [0.2, 0.25) is 0 Å². The van der Waals surface area contributed by atoms with Gasteiger partial charge in [0.1, 0.15) is 0 Å². The number of allylic oxidation sites excluding steroid dienone is 1. The van der Waals surface area contributed by atoms with Gasteiger partial charge in [-0.15, -0.1) is 12.3 Å². The van der Waals surface area contributed by atoms with Gasteiger partial charge in [-0.3, -0.25) is 0 Å². The first-order valence-electron chi connectivity index (χ1n) is 10.7. The third-order valence-corrected chi connectivity index (χ3v) is 9.28. The zero-order valence-corrected chi connectivity index (χ0v) is 16.4. The largest absolute Gasteiger partial charge is 0.393 e. The Hall–Kier alpha value is -0.740. The maximum atomic E-state index is 10.1. The number of hydrogen-bond donors (Lipinski definition) is 1. The van der Waals surface area contributed by atoms with Crippen molar-refractivity contribution in [2.45, 2.75) is 84.7 Å². The van der Waals surface area contributed by atoms with Gasteiger partial charge in [0, 0.05) is 6.42 Å². The molecule has 1 nitrogen and oxygen atoms in total. The predicted molar refractivity (Wildman–Crippen MR) is 104 cm³/mol. The topological polar surface area (TPSA) is 20.2 Å². The van der Waals surface area contributed by atoms with Gasteiger partial charge < -0.3 is 5.11 Å². The summed E-state index contributed by atoms with van der Waals surface area (Å²) in [4.78, 5) is 0. The van der Waals surface area contributed by atoms with E-state index in [0.29, 0.717) is 16.7 Å². The first-order valence-corrected chi connectivity index (χ1v) is 10.7. The fourth-order valence-corrected chi connectivity index (χ4v) is 7.95. The van der Waals surface area contributed by atoms with Crippen LogP contribution in [0.25, 0.3) is 0 Å². The minimum absolute atomic E-state index is 0.0924. The van der Waals surface area contributed by atoms with Crippen LogP contribution >= 0.6 is 0 Å². The van der Waals surface area contributed by atoms with Crippen molar-refractivity contribution in [3.63, 3.8) is 0 Å². The van der Waals surface area contributed by atoms with Crippen LogP contribution in [0.5, 0.6) is 0 Å². The van der Waals surface area contributed by atoms with Crippen LogP contribution < -0.4 is 0 Å². The number of aliphatic hydroxyl groups excluding tert-OH is 1. The Morgan fingerprint density at radius 2 is 2.00 bits per heavy atom. The van der Waals surface area contributed by atoms with E-state index in [1.807, 2.05) is 0 Å². The zero-order chi connectivity index (χ0) is 17.8. The normalized spacial score (nSPS) is 50.0. The first-order chi connectivity index (χ1) is 11.9. The molecule has 0 saturated heterocycles. The van der Waals surface area contributed by atoms with Crippen molar-refractivity contribution in [1.29, 1.82) is 0 Å². The lowest BCUT2D eigenvalue weighted by Gasteiger charge is -2.58. The minimum atomic E-state index is -0.0924. The summed E-state index contributed by atoms with van der Waals surface area (Å²) in [5.74, 6) is 7.02. The maximum absolute atomic E-state index is 10.1. The molecule has 4 aliphatic rings. The van der Waals surface area contributed by atoms with Gasteiger partial charge in [0.25, 0.3) is 0 Å². The fourth-order valence-electron chi connectivity index (χ4n) is 7.95. The molecule has 0 aromatic heterocycles. The van der Waals surface area contributed by atoms with Crippen molar-refractivity contribution in [1.82, 2.24) is 0 Å². The van der Waals surface area contributed by atoms with E-state index in [1.165, 1.54) is 38.5 Å². The molecule has 0 heterocycles. The Morgan fingerprint density at radius 3 is 2.76 bits per heavy atom. The Labute approximate surface area is 154 Å². The number of aliphatic hydroxyl groups is 1. The summed E-state index contributed by atoms with van der Waals surface area (Å²) in [5.41, 5.74) is 2.46. The van der Waals surface area contributed by atoms with Crippen LogP contribution in [0.4, 0.5) is 0 Å². The molecule has 1 N–H and O–H groups in total. The summed E-state index contributed by atoms with van der Waals surface area (Å²) in [5, 5.41) is 10.1. The van der Waals surface area contributed by atoms with E-state index in [0.717, 1.165) is 42.9 Å². The van der Waals surface area contributed by atoms with Gasteiger partial charge >= 0.3 is 0 Å². The molecule has 3 fully saturated rings. The number of terminal acetylenes is 1. The van der Waals surface area contributed by atoms with Crippen molar-refractivity contribution in [3.8, 4) is 12.3 Å². The summed E-state index contributed by atoms with van der Waals surface area (Å²) < 4.78 is 0. The molecule has 25 heavy (non-hydrogen) atoms. The van der Waals surface area contributed by atoms with Crippen LogP contribution in [0.15, 0.2) is 11.6 Å². The molecule has 0 aromatic rings. The van der Waals surface area contributed by atoms with Gasteiger partial charge in [-0.25, -0.2) is 0 Å². The second-order valence-corrected chi connectivity index (χ2v) is 10.3. The average Bonchev–Trinajstić information content (AvgIpc) is 2.93. The van der Waals surface area contributed by atoms with E-state index in [9.17, 15) is 5.11 Å². The van der Waals surface area contributed by atoms with Crippen molar-refractivity contribution >= 4 is 0 Å². The molecule has 4 aliphatic carbocycles. The summed E-state index contributed by atoms with van der Waals surface area (Å²) in [7, 11) is 0. The van der Waals surface area contributed by atoms with Crippen LogP contribution in [0.3, 0.4) is 0 Å². The zero-order valence-electron chi connectivity index (χ0n) is 16.4. The molecule has 0 amide bonds. The van der Waals surface area contributed by atoms with Crippen molar-refractivity contribution in [2.24, 2.45) is 40.4 Å². The third-order valence-electron chi connectivity index (χ3n) is 9.28. The van der Waals surface area contributed by atoms with Gasteiger partial charge in [-0.05, 0) is 91.8 Å². The van der Waals surface area contributed by atoms with Crippen molar-refractivity contribution in [3.05, 3.63) is 11.6 Å². The average molecular weight is 341 g/mol. The van der Waals surface area contributed by atoms with Crippen LogP contribution in [-0.2, 0) is 0 Å². The SMILES string of the molecule is C#CCC(C)[C@H]1CCC2C3CC=C4C[C@@H](O)CC[C@]4(C)C3CC[C@@]21C. The highest BCUT2D eigenvalue weighted by atomic mass is 16.3. The highest BCUT2D eigenvalue weighted by molar-refractivity contribution is 5.25. The maximum Gasteiger partial charge on any atom is 0.0577 e. The summed E-state index contributed by atoms with van der Waals surface area (Å²) in [6, 6.07) is 0. The molecule has 4 rings (SSSR count). The van der Waals surface area contributed by atoms with Gasteiger partial charge in [-0.2, -0.15) is 0 Å². The highest BCUT2D eigenvalue weighted by Gasteiger charge is 2.59. The molecular formula is C24H36O. The van der Waals surface area contributed by atoms with E-state index in [4.69, 9.17) is 6.42 Å². The standard InChI is InChI=1S/C24H36O/c1-5-6-16(2)20-9-10-21-19-8-7-17-15-18(25)11-13-23(17,3)22(19)12-14-24(20,21)4/h1,7,16,18-22,25H,6,8-15H2,2-4H3/t16?,18-,19?,20+,21?,22?,23-,24+/m0/s1. The second-order valence-electron chi connectivity index (χ2n) is 10.3. The van der Waals surface area contributed by atoms with Crippen LogP contribution in [0, 0.1) is 52.8 Å². The number of fused-ring (bicyclic) bond motifs is 5. The van der Waals surface area contributed by atoms with E-state index < -0.39 is 0 Å². The van der Waals surface area contributed by atoms with Crippen molar-refractivity contribution < 1.29 is 5.11 Å². The van der Waals surface area contributed by atoms with E-state index in [1.54, 1.807) is 5.57 Å². The molecular weight excluding hydrogens is 304 g/mol. The molecule has 8 atom stereocenters. The van der Waals surface area contributed by atoms with Gasteiger partial charge in [0.2, 0.25) is 0 Å². The molecule has 3 saturated carbocycles. The van der Waals surface area contributed by atoms with Gasteiger partial charge in [0.05, 0.1) is 6.10 Å². The Balaban J connectivity index is 1.61. The Bertz CT molecular complexity index is 598. The van der Waals surface area contributed by atoms with Crippen molar-refractivity contribution in [2.75, 3.05) is 0 Å². The third kappa shape index (κ3) is 2.55. The molecule has 1 heteroatoms. The summed E-state index contributed by atoms with van der Waals surface area (Å²) >= 11 is 0. The Morgan fingerprint density at radius 1 is 1.20 bits per heavy atom. The molecule has 0 radical (unpaired) electrons. The van der Waals surface area contributed by atoms with E-state index in [-0.39, 0.29) is 6.10 Å². The molecule has 138 valence electrons. The smallest absolute Gasteiger partial charge is 0.0577 e. The highest BCUT2D eigenvalue weighted by Crippen LogP contribution is 2.67. The van der Waals surface area contributed by atoms with Crippen LogP contribution in [-0.4, -0.2) is 11.2 Å². The monoisotopic (exact) mass is 340 g/mol. The molecule has 0 spiro atoms. The van der Waals surface area contributed by atoms with Gasteiger partial charge in [-0.1, -0.05) is 32.4 Å². The minimum Gasteiger partial charge on any atom is -0.393 e. The number of hydrogen-bond acceptors (Lipinski definition) is 1. The lowest BCUT2D eigenvalue weighted by Crippen LogP contribution is -2.50.